The van der Waals surface area contributed by atoms with Gasteiger partial charge in [-0.15, -0.1) is 0 Å². The average Bonchev–Trinajstić information content (AvgIpc) is 2.37. The number of nitrogens with one attached hydrogen (secondary N) is 1. The van der Waals surface area contributed by atoms with Crippen molar-refractivity contribution >= 4 is 15.9 Å². The van der Waals surface area contributed by atoms with Crippen molar-refractivity contribution in [2.24, 2.45) is 0 Å². The molecule has 0 unspecified atom stereocenters. The van der Waals surface area contributed by atoms with E-state index in [4.69, 9.17) is 0 Å². The summed E-state index contributed by atoms with van der Waals surface area (Å²) >= 11 is 3.51. The highest BCUT2D eigenvalue weighted by molar-refractivity contribution is 9.10. The average molecular weight is 299 g/mol. The Labute approximate surface area is 111 Å². The lowest BCUT2D eigenvalue weighted by Crippen LogP contribution is -2.45. The Morgan fingerprint density at radius 2 is 2.12 bits per heavy atom. The number of nitrogens with zero attached hydrogens (tertiary/aromatic N) is 1. The fourth-order valence-corrected chi connectivity index (χ4v) is 2.81. The summed E-state index contributed by atoms with van der Waals surface area (Å²) in [5.74, 6) is 0. The lowest BCUT2D eigenvalue weighted by atomic mass is 10.0. The minimum Gasteiger partial charge on any atom is -0.396 e. The maximum Gasteiger partial charge on any atom is 0.0449 e. The third-order valence-corrected chi connectivity index (χ3v) is 3.72. The minimum atomic E-state index is 0.237. The second-order valence-corrected chi connectivity index (χ2v) is 5.28. The summed E-state index contributed by atoms with van der Waals surface area (Å²) in [7, 11) is 0. The third-order valence-electron chi connectivity index (χ3n) is 3.23. The highest BCUT2D eigenvalue weighted by Crippen LogP contribution is 2.26. The number of rotatable bonds is 4. The molecule has 1 aromatic carbocycles. The molecule has 1 fully saturated rings. The molecule has 1 atom stereocenters. The Balaban J connectivity index is 2.15. The lowest BCUT2D eigenvalue weighted by molar-refractivity contribution is 0.141. The van der Waals surface area contributed by atoms with Crippen LogP contribution < -0.4 is 5.32 Å². The minimum absolute atomic E-state index is 0.237. The predicted molar refractivity (Wildman–Crippen MR) is 73.0 cm³/mol. The fourth-order valence-electron chi connectivity index (χ4n) is 2.39. The van der Waals surface area contributed by atoms with Crippen molar-refractivity contribution in [1.29, 1.82) is 0 Å². The van der Waals surface area contributed by atoms with E-state index in [1.807, 2.05) is 6.07 Å². The first-order valence-electron chi connectivity index (χ1n) is 6.12. The Morgan fingerprint density at radius 1 is 1.35 bits per heavy atom. The zero-order chi connectivity index (χ0) is 12.1. The van der Waals surface area contributed by atoms with E-state index in [-0.39, 0.29) is 6.61 Å². The Kier molecular flexibility index (Phi) is 4.98. The van der Waals surface area contributed by atoms with Gasteiger partial charge in [-0.3, -0.25) is 4.90 Å². The largest absolute Gasteiger partial charge is 0.396 e. The van der Waals surface area contributed by atoms with E-state index in [1.165, 1.54) is 5.56 Å². The van der Waals surface area contributed by atoms with Crippen molar-refractivity contribution in [2.75, 3.05) is 32.8 Å². The molecule has 0 bridgehead atoms. The van der Waals surface area contributed by atoms with Crippen LogP contribution in [0.4, 0.5) is 0 Å². The van der Waals surface area contributed by atoms with Crippen LogP contribution in [0.1, 0.15) is 18.0 Å². The van der Waals surface area contributed by atoms with Gasteiger partial charge in [0.15, 0.2) is 0 Å². The van der Waals surface area contributed by atoms with Gasteiger partial charge in [-0.1, -0.05) is 28.1 Å². The Morgan fingerprint density at radius 3 is 2.76 bits per heavy atom. The summed E-state index contributed by atoms with van der Waals surface area (Å²) < 4.78 is 1.10. The standard InChI is InChI=1S/C13H19BrN2O/c14-12-3-1-2-11(10-12)13(4-9-17)16-7-5-15-6-8-16/h1-3,10,13,15,17H,4-9H2/t13-/m0/s1. The monoisotopic (exact) mass is 298 g/mol. The number of halogens is 1. The molecule has 0 aromatic heterocycles. The molecule has 2 rings (SSSR count). The topological polar surface area (TPSA) is 35.5 Å². The lowest BCUT2D eigenvalue weighted by Gasteiger charge is -2.35. The number of aliphatic hydroxyl groups excluding tert-OH is 1. The van der Waals surface area contributed by atoms with Crippen LogP contribution in [0.15, 0.2) is 28.7 Å². The maximum absolute atomic E-state index is 9.24. The van der Waals surface area contributed by atoms with Crippen molar-refractivity contribution in [3.05, 3.63) is 34.3 Å². The molecule has 17 heavy (non-hydrogen) atoms. The second-order valence-electron chi connectivity index (χ2n) is 4.37. The predicted octanol–water partition coefficient (Wildman–Crippen LogP) is 1.78. The van der Waals surface area contributed by atoms with Gasteiger partial charge in [-0.2, -0.15) is 0 Å². The van der Waals surface area contributed by atoms with Crippen molar-refractivity contribution in [1.82, 2.24) is 10.2 Å². The van der Waals surface area contributed by atoms with Gasteiger partial charge in [0.1, 0.15) is 0 Å². The second kappa shape index (κ2) is 6.50. The van der Waals surface area contributed by atoms with Crippen LogP contribution in [-0.2, 0) is 0 Å². The molecule has 0 spiro atoms. The smallest absolute Gasteiger partial charge is 0.0449 e. The van der Waals surface area contributed by atoms with Crippen LogP contribution >= 0.6 is 15.9 Å². The molecule has 0 amide bonds. The van der Waals surface area contributed by atoms with Crippen molar-refractivity contribution in [2.45, 2.75) is 12.5 Å². The normalized spacial score (nSPS) is 19.2. The highest BCUT2D eigenvalue weighted by atomic mass is 79.9. The maximum atomic E-state index is 9.24. The third kappa shape index (κ3) is 3.52. The van der Waals surface area contributed by atoms with Crippen LogP contribution in [-0.4, -0.2) is 42.8 Å². The summed E-state index contributed by atoms with van der Waals surface area (Å²) in [4.78, 5) is 2.45. The first-order valence-corrected chi connectivity index (χ1v) is 6.91. The van der Waals surface area contributed by atoms with E-state index in [0.717, 1.165) is 37.1 Å². The van der Waals surface area contributed by atoms with Crippen LogP contribution in [0.5, 0.6) is 0 Å². The summed E-state index contributed by atoms with van der Waals surface area (Å²) in [5.41, 5.74) is 1.29. The highest BCUT2D eigenvalue weighted by Gasteiger charge is 2.21. The summed E-state index contributed by atoms with van der Waals surface area (Å²) in [6.45, 7) is 4.42. The van der Waals surface area contributed by atoms with Crippen molar-refractivity contribution < 1.29 is 5.11 Å². The van der Waals surface area contributed by atoms with E-state index in [0.29, 0.717) is 6.04 Å². The molecule has 1 aliphatic rings. The zero-order valence-electron chi connectivity index (χ0n) is 9.90. The molecule has 0 radical (unpaired) electrons. The molecule has 94 valence electrons. The van der Waals surface area contributed by atoms with E-state index < -0.39 is 0 Å². The molecular formula is C13H19BrN2O. The number of aliphatic hydroxyl groups is 1. The zero-order valence-corrected chi connectivity index (χ0v) is 11.5. The molecule has 1 heterocycles. The fraction of sp³-hybridized carbons (Fsp3) is 0.538. The molecule has 0 aliphatic carbocycles. The van der Waals surface area contributed by atoms with E-state index in [9.17, 15) is 5.11 Å². The summed E-state index contributed by atoms with van der Waals surface area (Å²) in [5, 5.41) is 12.6. The molecule has 3 nitrogen and oxygen atoms in total. The van der Waals surface area contributed by atoms with Gasteiger partial charge in [0.2, 0.25) is 0 Å². The van der Waals surface area contributed by atoms with Crippen molar-refractivity contribution in [3.8, 4) is 0 Å². The first kappa shape index (κ1) is 13.0. The van der Waals surface area contributed by atoms with Crippen LogP contribution in [0.3, 0.4) is 0 Å². The SMILES string of the molecule is OCC[C@@H](c1cccc(Br)c1)N1CCNCC1. The molecule has 1 saturated heterocycles. The van der Waals surface area contributed by atoms with Gasteiger partial charge in [-0.05, 0) is 24.1 Å². The molecule has 1 aliphatic heterocycles. The number of hydrogen-bond donors (Lipinski definition) is 2. The van der Waals surface area contributed by atoms with Gasteiger partial charge in [-0.25, -0.2) is 0 Å². The Hall–Kier alpha value is -0.420. The molecular weight excluding hydrogens is 280 g/mol. The van der Waals surface area contributed by atoms with Gasteiger partial charge < -0.3 is 10.4 Å². The van der Waals surface area contributed by atoms with Crippen LogP contribution in [0.25, 0.3) is 0 Å². The van der Waals surface area contributed by atoms with Gasteiger partial charge in [0.05, 0.1) is 0 Å². The molecule has 2 N–H and O–H groups in total. The molecule has 1 aromatic rings. The number of piperazine rings is 1. The number of hydrogen-bond acceptors (Lipinski definition) is 3. The summed E-state index contributed by atoms with van der Waals surface area (Å²) in [6.07, 6.45) is 0.802. The Bertz CT molecular complexity index is 353. The van der Waals surface area contributed by atoms with E-state index in [2.05, 4.69) is 44.3 Å². The first-order chi connectivity index (χ1) is 8.31. The van der Waals surface area contributed by atoms with E-state index >= 15 is 0 Å². The van der Waals surface area contributed by atoms with Gasteiger partial charge in [0.25, 0.3) is 0 Å². The summed E-state index contributed by atoms with van der Waals surface area (Å²) in [6, 6.07) is 8.73. The molecule has 0 saturated carbocycles. The van der Waals surface area contributed by atoms with Gasteiger partial charge >= 0.3 is 0 Å². The van der Waals surface area contributed by atoms with Crippen LogP contribution in [0.2, 0.25) is 0 Å². The van der Waals surface area contributed by atoms with E-state index in [1.54, 1.807) is 0 Å². The number of benzene rings is 1. The van der Waals surface area contributed by atoms with Crippen molar-refractivity contribution in [3.63, 3.8) is 0 Å². The van der Waals surface area contributed by atoms with Gasteiger partial charge in [0, 0.05) is 43.3 Å². The quantitative estimate of drug-likeness (QED) is 0.889. The van der Waals surface area contributed by atoms with Crippen LogP contribution in [0, 0.1) is 0 Å². The molecule has 4 heteroatoms.